The fraction of sp³-hybridized carbons (Fsp3) is 0.579. The van der Waals surface area contributed by atoms with Crippen LogP contribution in [0, 0.1) is 0 Å². The molecule has 1 aromatic carbocycles. The van der Waals surface area contributed by atoms with Crippen molar-refractivity contribution in [2.45, 2.75) is 50.4 Å². The minimum atomic E-state index is -0.301. The molecule has 2 aromatic rings. The van der Waals surface area contributed by atoms with Gasteiger partial charge in [0, 0.05) is 31.7 Å². The van der Waals surface area contributed by atoms with Gasteiger partial charge in [0.2, 0.25) is 5.95 Å². The van der Waals surface area contributed by atoms with Gasteiger partial charge < -0.3 is 25.0 Å². The molecule has 2 aliphatic rings. The molecule has 140 valence electrons. The number of imidazole rings is 1. The predicted octanol–water partition coefficient (Wildman–Crippen LogP) is 1.18. The Balaban J connectivity index is 1.52. The van der Waals surface area contributed by atoms with Crippen molar-refractivity contribution in [1.29, 1.82) is 0 Å². The number of aromatic nitrogens is 2. The molecule has 7 heteroatoms. The predicted molar refractivity (Wildman–Crippen MR) is 99.3 cm³/mol. The summed E-state index contributed by atoms with van der Waals surface area (Å²) in [6.07, 6.45) is 3.36. The van der Waals surface area contributed by atoms with E-state index in [4.69, 9.17) is 4.98 Å². The standard InChI is InChI=1S/C19H26N4O3/c1-22-17-7-2-12(18(26)20-13-3-5-14(24)6-4-13)10-16(17)21-19(22)23-9-8-15(25)11-23/h2,7,10,13-15,24-25H,3-6,8-9,11H2,1H3,(H,20,26)/t13?,14?,15-/m0/s1. The topological polar surface area (TPSA) is 90.6 Å². The third kappa shape index (κ3) is 3.29. The highest BCUT2D eigenvalue weighted by Gasteiger charge is 2.25. The molecule has 7 nitrogen and oxygen atoms in total. The van der Waals surface area contributed by atoms with Crippen molar-refractivity contribution < 1.29 is 15.0 Å². The smallest absolute Gasteiger partial charge is 0.251 e. The number of hydrogen-bond donors (Lipinski definition) is 3. The molecule has 2 fully saturated rings. The largest absolute Gasteiger partial charge is 0.393 e. The van der Waals surface area contributed by atoms with E-state index in [2.05, 4.69) is 10.2 Å². The number of carbonyl (C=O) groups excluding carboxylic acids is 1. The van der Waals surface area contributed by atoms with E-state index in [9.17, 15) is 15.0 Å². The molecule has 0 spiro atoms. The number of aryl methyl sites for hydroxylation is 1. The minimum Gasteiger partial charge on any atom is -0.393 e. The maximum atomic E-state index is 12.6. The number of carbonyl (C=O) groups is 1. The molecule has 1 aliphatic heterocycles. The van der Waals surface area contributed by atoms with Gasteiger partial charge >= 0.3 is 0 Å². The summed E-state index contributed by atoms with van der Waals surface area (Å²) in [6, 6.07) is 5.72. The maximum absolute atomic E-state index is 12.6. The summed E-state index contributed by atoms with van der Waals surface area (Å²) in [7, 11) is 1.96. The summed E-state index contributed by atoms with van der Waals surface area (Å²) in [5.41, 5.74) is 2.36. The van der Waals surface area contributed by atoms with Crippen LogP contribution in [0.15, 0.2) is 18.2 Å². The van der Waals surface area contributed by atoms with Crippen molar-refractivity contribution in [3.8, 4) is 0 Å². The average molecular weight is 358 g/mol. The van der Waals surface area contributed by atoms with Crippen LogP contribution in [0.5, 0.6) is 0 Å². The summed E-state index contributed by atoms with van der Waals surface area (Å²) in [4.78, 5) is 19.4. The van der Waals surface area contributed by atoms with Gasteiger partial charge in [0.05, 0.1) is 23.2 Å². The Morgan fingerprint density at radius 2 is 1.92 bits per heavy atom. The van der Waals surface area contributed by atoms with Crippen LogP contribution >= 0.6 is 0 Å². The summed E-state index contributed by atoms with van der Waals surface area (Å²) < 4.78 is 2.01. The normalized spacial score (nSPS) is 26.4. The van der Waals surface area contributed by atoms with Crippen LogP contribution in [0.1, 0.15) is 42.5 Å². The molecule has 2 heterocycles. The molecule has 1 saturated heterocycles. The van der Waals surface area contributed by atoms with Crippen molar-refractivity contribution in [1.82, 2.24) is 14.9 Å². The monoisotopic (exact) mass is 358 g/mol. The highest BCUT2D eigenvalue weighted by atomic mass is 16.3. The molecule has 4 rings (SSSR count). The van der Waals surface area contributed by atoms with Crippen LogP contribution < -0.4 is 10.2 Å². The summed E-state index contributed by atoms with van der Waals surface area (Å²) in [5, 5.41) is 22.4. The summed E-state index contributed by atoms with van der Waals surface area (Å²) in [6.45, 7) is 1.39. The number of hydrogen-bond acceptors (Lipinski definition) is 5. The lowest BCUT2D eigenvalue weighted by atomic mass is 9.93. The van der Waals surface area contributed by atoms with Crippen molar-refractivity contribution >= 4 is 22.9 Å². The van der Waals surface area contributed by atoms with Gasteiger partial charge in [-0.1, -0.05) is 0 Å². The molecule has 1 amide bonds. The van der Waals surface area contributed by atoms with Gasteiger partial charge in [-0.15, -0.1) is 0 Å². The molecular formula is C19H26N4O3. The Hall–Kier alpha value is -2.12. The molecule has 1 aliphatic carbocycles. The molecular weight excluding hydrogens is 332 g/mol. The van der Waals surface area contributed by atoms with Gasteiger partial charge in [0.15, 0.2) is 0 Å². The second kappa shape index (κ2) is 6.89. The third-order valence-electron chi connectivity index (χ3n) is 5.60. The van der Waals surface area contributed by atoms with Gasteiger partial charge in [-0.2, -0.15) is 0 Å². The third-order valence-corrected chi connectivity index (χ3v) is 5.60. The maximum Gasteiger partial charge on any atom is 0.251 e. The number of aliphatic hydroxyl groups excluding tert-OH is 2. The SMILES string of the molecule is Cn1c(N2CC[C@H](O)C2)nc2cc(C(=O)NC3CCC(O)CC3)ccc21. The lowest BCUT2D eigenvalue weighted by Gasteiger charge is -2.26. The first-order valence-electron chi connectivity index (χ1n) is 9.39. The van der Waals surface area contributed by atoms with E-state index in [-0.39, 0.29) is 24.2 Å². The Kier molecular flexibility index (Phi) is 4.58. The molecule has 1 saturated carbocycles. The summed E-state index contributed by atoms with van der Waals surface area (Å²) >= 11 is 0. The Bertz CT molecular complexity index is 810. The second-order valence-corrected chi connectivity index (χ2v) is 7.54. The van der Waals surface area contributed by atoms with Gasteiger partial charge in [-0.3, -0.25) is 4.79 Å². The van der Waals surface area contributed by atoms with Gasteiger partial charge in [0.25, 0.3) is 5.91 Å². The Labute approximate surface area is 152 Å². The van der Waals surface area contributed by atoms with E-state index < -0.39 is 0 Å². The molecule has 1 aromatic heterocycles. The van der Waals surface area contributed by atoms with Gasteiger partial charge in [-0.25, -0.2) is 4.98 Å². The first-order valence-corrected chi connectivity index (χ1v) is 9.39. The van der Waals surface area contributed by atoms with E-state index in [1.807, 2.05) is 29.8 Å². The average Bonchev–Trinajstić information content (AvgIpc) is 3.20. The van der Waals surface area contributed by atoms with E-state index in [1.165, 1.54) is 0 Å². The van der Waals surface area contributed by atoms with Crippen molar-refractivity contribution in [3.63, 3.8) is 0 Å². The number of anilines is 1. The van der Waals surface area contributed by atoms with Crippen LogP contribution in [0.4, 0.5) is 5.95 Å². The van der Waals surface area contributed by atoms with E-state index in [0.717, 1.165) is 55.6 Å². The minimum absolute atomic E-state index is 0.0860. The number of amides is 1. The highest BCUT2D eigenvalue weighted by Crippen LogP contribution is 2.25. The molecule has 0 bridgehead atoms. The van der Waals surface area contributed by atoms with E-state index in [1.54, 1.807) is 0 Å². The highest BCUT2D eigenvalue weighted by molar-refractivity contribution is 5.97. The summed E-state index contributed by atoms with van der Waals surface area (Å²) in [5.74, 6) is 0.743. The fourth-order valence-electron chi connectivity index (χ4n) is 4.02. The van der Waals surface area contributed by atoms with Crippen molar-refractivity contribution in [2.75, 3.05) is 18.0 Å². The molecule has 3 N–H and O–H groups in total. The van der Waals surface area contributed by atoms with Crippen LogP contribution in [-0.2, 0) is 7.05 Å². The number of benzene rings is 1. The first-order chi connectivity index (χ1) is 12.5. The van der Waals surface area contributed by atoms with Crippen molar-refractivity contribution in [2.24, 2.45) is 7.05 Å². The second-order valence-electron chi connectivity index (χ2n) is 7.54. The number of aliphatic hydroxyl groups is 2. The zero-order valence-electron chi connectivity index (χ0n) is 15.1. The van der Waals surface area contributed by atoms with E-state index >= 15 is 0 Å². The number of nitrogens with zero attached hydrogens (tertiary/aromatic N) is 3. The van der Waals surface area contributed by atoms with Crippen LogP contribution in [0.2, 0.25) is 0 Å². The van der Waals surface area contributed by atoms with Gasteiger partial charge in [0.1, 0.15) is 0 Å². The molecule has 1 atom stereocenters. The zero-order chi connectivity index (χ0) is 18.3. The fourth-order valence-corrected chi connectivity index (χ4v) is 4.02. The van der Waals surface area contributed by atoms with Crippen molar-refractivity contribution in [3.05, 3.63) is 23.8 Å². The number of nitrogens with one attached hydrogen (secondary N) is 1. The molecule has 0 radical (unpaired) electrons. The molecule has 26 heavy (non-hydrogen) atoms. The number of β-amino-alcohol motifs (C(OH)–C–C–N with tert-alkyl or cyclic N) is 1. The lowest BCUT2D eigenvalue weighted by Crippen LogP contribution is -2.38. The van der Waals surface area contributed by atoms with Gasteiger partial charge in [-0.05, 0) is 50.3 Å². The van der Waals surface area contributed by atoms with Crippen LogP contribution in [0.25, 0.3) is 11.0 Å². The quantitative estimate of drug-likeness (QED) is 0.766. The number of fused-ring (bicyclic) bond motifs is 1. The number of rotatable bonds is 3. The lowest BCUT2D eigenvalue weighted by molar-refractivity contribution is 0.0867. The zero-order valence-corrected chi connectivity index (χ0v) is 15.1. The Morgan fingerprint density at radius 1 is 1.15 bits per heavy atom. The Morgan fingerprint density at radius 3 is 2.62 bits per heavy atom. The van der Waals surface area contributed by atoms with E-state index in [0.29, 0.717) is 12.1 Å². The molecule has 0 unspecified atom stereocenters. The van der Waals surface area contributed by atoms with Crippen LogP contribution in [0.3, 0.4) is 0 Å². The van der Waals surface area contributed by atoms with Crippen LogP contribution in [-0.4, -0.2) is 57.0 Å². The first kappa shape index (κ1) is 17.3.